The van der Waals surface area contributed by atoms with E-state index in [1.165, 1.54) is 11.1 Å². The van der Waals surface area contributed by atoms with E-state index in [1.54, 1.807) is 14.2 Å². The first-order valence-electron chi connectivity index (χ1n) is 9.91. The van der Waals surface area contributed by atoms with Crippen molar-refractivity contribution in [2.75, 3.05) is 14.2 Å². The summed E-state index contributed by atoms with van der Waals surface area (Å²) >= 11 is 0. The van der Waals surface area contributed by atoms with Gasteiger partial charge < -0.3 is 9.47 Å². The number of pyridine rings is 2. The molecule has 0 aliphatic heterocycles. The standard InChI is InChI=1S/C25H25N3O2/c1-29-23-9-8-21(24(15-23)30-2)17-28(16-19-10-13-26-14-11-19)18-22-6-3-5-20-7-4-12-27-25(20)22/h3-15H,16-18H2,1-2H3. The summed E-state index contributed by atoms with van der Waals surface area (Å²) < 4.78 is 11.0. The number of ether oxygens (including phenoxy) is 2. The first kappa shape index (κ1) is 19.9. The average molecular weight is 399 g/mol. The molecular formula is C25H25N3O2. The first-order valence-corrected chi connectivity index (χ1v) is 9.91. The second kappa shape index (κ2) is 9.37. The molecule has 0 radical (unpaired) electrons. The lowest BCUT2D eigenvalue weighted by Crippen LogP contribution is -2.23. The topological polar surface area (TPSA) is 47.5 Å². The lowest BCUT2D eigenvalue weighted by atomic mass is 10.1. The average Bonchev–Trinajstić information content (AvgIpc) is 2.80. The van der Waals surface area contributed by atoms with Crippen LogP contribution < -0.4 is 9.47 Å². The van der Waals surface area contributed by atoms with Gasteiger partial charge in [0.2, 0.25) is 0 Å². The maximum absolute atomic E-state index is 5.63. The van der Waals surface area contributed by atoms with Gasteiger partial charge in [-0.25, -0.2) is 0 Å². The Hall–Kier alpha value is -3.44. The van der Waals surface area contributed by atoms with Crippen molar-refractivity contribution in [3.05, 3.63) is 95.9 Å². The highest BCUT2D eigenvalue weighted by atomic mass is 16.5. The van der Waals surface area contributed by atoms with Crippen LogP contribution in [-0.2, 0) is 19.6 Å². The number of hydrogen-bond acceptors (Lipinski definition) is 5. The molecule has 0 atom stereocenters. The summed E-state index contributed by atoms with van der Waals surface area (Å²) in [5.41, 5.74) is 4.57. The highest BCUT2D eigenvalue weighted by Crippen LogP contribution is 2.27. The highest BCUT2D eigenvalue weighted by molar-refractivity contribution is 5.81. The van der Waals surface area contributed by atoms with Crippen molar-refractivity contribution in [3.63, 3.8) is 0 Å². The molecule has 0 unspecified atom stereocenters. The number of benzene rings is 2. The van der Waals surface area contributed by atoms with Crippen LogP contribution >= 0.6 is 0 Å². The molecule has 0 N–H and O–H groups in total. The summed E-state index contributed by atoms with van der Waals surface area (Å²) in [6.45, 7) is 2.30. The summed E-state index contributed by atoms with van der Waals surface area (Å²) in [5, 5.41) is 1.15. The number of fused-ring (bicyclic) bond motifs is 1. The van der Waals surface area contributed by atoms with E-state index >= 15 is 0 Å². The van der Waals surface area contributed by atoms with Gasteiger partial charge in [-0.05, 0) is 35.4 Å². The Balaban J connectivity index is 1.66. The van der Waals surface area contributed by atoms with E-state index in [-0.39, 0.29) is 0 Å². The number of hydrogen-bond donors (Lipinski definition) is 0. The smallest absolute Gasteiger partial charge is 0.127 e. The lowest BCUT2D eigenvalue weighted by molar-refractivity contribution is 0.244. The highest BCUT2D eigenvalue weighted by Gasteiger charge is 2.14. The van der Waals surface area contributed by atoms with E-state index in [2.05, 4.69) is 57.3 Å². The van der Waals surface area contributed by atoms with Crippen LogP contribution in [0.2, 0.25) is 0 Å². The maximum Gasteiger partial charge on any atom is 0.127 e. The Bertz CT molecular complexity index is 1110. The molecule has 0 spiro atoms. The Labute approximate surface area is 176 Å². The number of aromatic nitrogens is 2. The molecule has 0 bridgehead atoms. The van der Waals surface area contributed by atoms with E-state index in [9.17, 15) is 0 Å². The quantitative estimate of drug-likeness (QED) is 0.424. The Morgan fingerprint density at radius 1 is 0.767 bits per heavy atom. The minimum absolute atomic E-state index is 0.735. The summed E-state index contributed by atoms with van der Waals surface area (Å²) in [5.74, 6) is 1.61. The molecule has 2 aromatic heterocycles. The third-order valence-corrected chi connectivity index (χ3v) is 5.15. The molecule has 0 saturated carbocycles. The van der Waals surface area contributed by atoms with Crippen LogP contribution in [-0.4, -0.2) is 29.1 Å². The second-order valence-corrected chi connectivity index (χ2v) is 7.17. The Morgan fingerprint density at radius 3 is 2.37 bits per heavy atom. The zero-order valence-corrected chi connectivity index (χ0v) is 17.3. The number of methoxy groups -OCH3 is 2. The van der Waals surface area contributed by atoms with Gasteiger partial charge in [0.25, 0.3) is 0 Å². The van der Waals surface area contributed by atoms with Crippen molar-refractivity contribution in [1.29, 1.82) is 0 Å². The summed E-state index contributed by atoms with van der Waals surface area (Å²) in [6, 6.07) is 20.5. The molecule has 0 aliphatic rings. The number of nitrogens with zero attached hydrogens (tertiary/aromatic N) is 3. The lowest BCUT2D eigenvalue weighted by Gasteiger charge is -2.24. The fourth-order valence-electron chi connectivity index (χ4n) is 3.67. The van der Waals surface area contributed by atoms with Crippen molar-refractivity contribution < 1.29 is 9.47 Å². The van der Waals surface area contributed by atoms with Crippen molar-refractivity contribution in [2.24, 2.45) is 0 Å². The molecule has 5 heteroatoms. The third-order valence-electron chi connectivity index (χ3n) is 5.15. The molecule has 152 valence electrons. The minimum Gasteiger partial charge on any atom is -0.497 e. The monoisotopic (exact) mass is 399 g/mol. The van der Waals surface area contributed by atoms with Gasteiger partial charge >= 0.3 is 0 Å². The van der Waals surface area contributed by atoms with Crippen LogP contribution in [0.3, 0.4) is 0 Å². The Morgan fingerprint density at radius 2 is 1.57 bits per heavy atom. The van der Waals surface area contributed by atoms with Gasteiger partial charge in [-0.15, -0.1) is 0 Å². The molecule has 4 aromatic rings. The van der Waals surface area contributed by atoms with Gasteiger partial charge in [0, 0.05) is 55.2 Å². The number of rotatable bonds is 8. The predicted octanol–water partition coefficient (Wildman–Crippen LogP) is 4.85. The SMILES string of the molecule is COc1ccc(CN(Cc2ccncc2)Cc2cccc3cccnc23)c(OC)c1. The minimum atomic E-state index is 0.735. The molecular weight excluding hydrogens is 374 g/mol. The molecule has 2 aromatic carbocycles. The second-order valence-electron chi connectivity index (χ2n) is 7.17. The van der Waals surface area contributed by atoms with Gasteiger partial charge in [0.05, 0.1) is 19.7 Å². The van der Waals surface area contributed by atoms with Gasteiger partial charge in [-0.2, -0.15) is 0 Å². The van der Waals surface area contributed by atoms with Crippen LogP contribution in [0.15, 0.2) is 79.3 Å². The van der Waals surface area contributed by atoms with Crippen molar-refractivity contribution >= 4 is 10.9 Å². The molecule has 2 heterocycles. The molecule has 0 fully saturated rings. The molecule has 30 heavy (non-hydrogen) atoms. The van der Waals surface area contributed by atoms with Crippen molar-refractivity contribution in [1.82, 2.24) is 14.9 Å². The van der Waals surface area contributed by atoms with E-state index in [0.29, 0.717) is 0 Å². The summed E-state index contributed by atoms with van der Waals surface area (Å²) in [7, 11) is 3.36. The fourth-order valence-corrected chi connectivity index (χ4v) is 3.67. The molecule has 0 saturated heterocycles. The van der Waals surface area contributed by atoms with E-state index in [0.717, 1.165) is 47.6 Å². The van der Waals surface area contributed by atoms with E-state index < -0.39 is 0 Å². The zero-order chi connectivity index (χ0) is 20.8. The van der Waals surface area contributed by atoms with Crippen molar-refractivity contribution in [3.8, 4) is 11.5 Å². The molecule has 4 rings (SSSR count). The van der Waals surface area contributed by atoms with Crippen LogP contribution in [0.4, 0.5) is 0 Å². The van der Waals surface area contributed by atoms with Crippen molar-refractivity contribution in [2.45, 2.75) is 19.6 Å². The van der Waals surface area contributed by atoms with Crippen LogP contribution in [0.1, 0.15) is 16.7 Å². The molecule has 0 amide bonds. The molecule has 0 aliphatic carbocycles. The van der Waals surface area contributed by atoms with Gasteiger partial charge in [-0.1, -0.05) is 30.3 Å². The zero-order valence-electron chi connectivity index (χ0n) is 17.3. The fraction of sp³-hybridized carbons (Fsp3) is 0.200. The van der Waals surface area contributed by atoms with Gasteiger partial charge in [0.15, 0.2) is 0 Å². The van der Waals surface area contributed by atoms with Crippen LogP contribution in [0.5, 0.6) is 11.5 Å². The predicted molar refractivity (Wildman–Crippen MR) is 118 cm³/mol. The summed E-state index contributed by atoms with van der Waals surface area (Å²) in [6.07, 6.45) is 5.52. The maximum atomic E-state index is 5.63. The van der Waals surface area contributed by atoms with E-state index in [1.807, 2.05) is 36.8 Å². The number of para-hydroxylation sites is 1. The third kappa shape index (κ3) is 4.58. The summed E-state index contributed by atoms with van der Waals surface area (Å²) in [4.78, 5) is 11.2. The molecule has 5 nitrogen and oxygen atoms in total. The van der Waals surface area contributed by atoms with Crippen LogP contribution in [0, 0.1) is 0 Å². The van der Waals surface area contributed by atoms with E-state index in [4.69, 9.17) is 9.47 Å². The van der Waals surface area contributed by atoms with Crippen LogP contribution in [0.25, 0.3) is 10.9 Å². The largest absolute Gasteiger partial charge is 0.497 e. The van der Waals surface area contributed by atoms with Gasteiger partial charge in [0.1, 0.15) is 11.5 Å². The first-order chi connectivity index (χ1) is 14.8. The van der Waals surface area contributed by atoms with Gasteiger partial charge in [-0.3, -0.25) is 14.9 Å². The Kier molecular flexibility index (Phi) is 6.20. The normalized spacial score (nSPS) is 11.0.